The van der Waals surface area contributed by atoms with Gasteiger partial charge in [0.1, 0.15) is 5.75 Å². The minimum atomic E-state index is -0.107. The van der Waals surface area contributed by atoms with Crippen molar-refractivity contribution >= 4 is 27.5 Å². The molecule has 0 radical (unpaired) electrons. The van der Waals surface area contributed by atoms with Crippen molar-refractivity contribution in [1.82, 2.24) is 0 Å². The van der Waals surface area contributed by atoms with Gasteiger partial charge in [-0.2, -0.15) is 0 Å². The molecule has 1 aromatic heterocycles. The largest absolute Gasteiger partial charge is 0.506 e. The molecule has 0 saturated carbocycles. The first-order valence-corrected chi connectivity index (χ1v) is 5.43. The van der Waals surface area contributed by atoms with Crippen LogP contribution in [0.5, 0.6) is 5.75 Å². The van der Waals surface area contributed by atoms with E-state index in [1.807, 2.05) is 31.2 Å². The fourth-order valence-corrected chi connectivity index (χ4v) is 2.36. The molecule has 1 heterocycles. The van der Waals surface area contributed by atoms with Gasteiger partial charge in [-0.05, 0) is 19.1 Å². The van der Waals surface area contributed by atoms with Gasteiger partial charge in [0.2, 0.25) is 4.74 Å². The summed E-state index contributed by atoms with van der Waals surface area (Å²) in [6.45, 7) is 1.82. The molecular formula is C12H10O2S. The minimum Gasteiger partial charge on any atom is -0.506 e. The predicted molar refractivity (Wildman–Crippen MR) is 64.5 cm³/mol. The SMILES string of the molecule is CC=Cc1c(O)c2ccccc2sc1=O. The van der Waals surface area contributed by atoms with Gasteiger partial charge in [0.05, 0.1) is 5.56 Å². The second kappa shape index (κ2) is 3.87. The van der Waals surface area contributed by atoms with Crippen LogP contribution in [0, 0.1) is 0 Å². The summed E-state index contributed by atoms with van der Waals surface area (Å²) in [6.07, 6.45) is 3.39. The number of aromatic hydroxyl groups is 1. The summed E-state index contributed by atoms with van der Waals surface area (Å²) in [5.74, 6) is 0.0763. The highest BCUT2D eigenvalue weighted by Gasteiger charge is 2.08. The monoisotopic (exact) mass is 218 g/mol. The van der Waals surface area contributed by atoms with Gasteiger partial charge in [-0.1, -0.05) is 35.6 Å². The molecule has 2 aromatic rings. The zero-order valence-corrected chi connectivity index (χ0v) is 9.04. The van der Waals surface area contributed by atoms with Crippen LogP contribution in [-0.2, 0) is 0 Å². The Kier molecular flexibility index (Phi) is 2.56. The van der Waals surface area contributed by atoms with Crippen molar-refractivity contribution in [3.05, 3.63) is 45.4 Å². The summed E-state index contributed by atoms with van der Waals surface area (Å²) >= 11 is 1.16. The van der Waals surface area contributed by atoms with Crippen LogP contribution < -0.4 is 4.74 Å². The fourth-order valence-electron chi connectivity index (χ4n) is 1.46. The topological polar surface area (TPSA) is 37.3 Å². The molecule has 0 unspecified atom stereocenters. The van der Waals surface area contributed by atoms with Gasteiger partial charge >= 0.3 is 0 Å². The van der Waals surface area contributed by atoms with Gasteiger partial charge < -0.3 is 5.11 Å². The van der Waals surface area contributed by atoms with Crippen molar-refractivity contribution in [3.8, 4) is 5.75 Å². The average Bonchev–Trinajstić information content (AvgIpc) is 2.24. The average molecular weight is 218 g/mol. The van der Waals surface area contributed by atoms with E-state index >= 15 is 0 Å². The van der Waals surface area contributed by atoms with Gasteiger partial charge in [-0.15, -0.1) is 0 Å². The molecule has 0 aliphatic rings. The molecule has 0 aliphatic carbocycles. The maximum Gasteiger partial charge on any atom is 0.243 e. The third-order valence-corrected chi connectivity index (χ3v) is 3.13. The zero-order valence-electron chi connectivity index (χ0n) is 8.23. The molecule has 0 bridgehead atoms. The normalized spacial score (nSPS) is 11.3. The molecule has 3 heteroatoms. The first kappa shape index (κ1) is 9.93. The molecule has 0 aliphatic heterocycles. The van der Waals surface area contributed by atoms with E-state index in [1.165, 1.54) is 0 Å². The van der Waals surface area contributed by atoms with Crippen molar-refractivity contribution in [1.29, 1.82) is 0 Å². The summed E-state index contributed by atoms with van der Waals surface area (Å²) in [5, 5.41) is 10.6. The van der Waals surface area contributed by atoms with Crippen LogP contribution in [0.25, 0.3) is 16.2 Å². The second-order valence-electron chi connectivity index (χ2n) is 3.15. The van der Waals surface area contributed by atoms with Crippen molar-refractivity contribution in [2.45, 2.75) is 6.92 Å². The summed E-state index contributed by atoms with van der Waals surface area (Å²) in [6, 6.07) is 7.35. The highest BCUT2D eigenvalue weighted by atomic mass is 32.1. The number of hydrogen-bond donors (Lipinski definition) is 1. The molecular weight excluding hydrogens is 208 g/mol. The second-order valence-corrected chi connectivity index (χ2v) is 4.16. The molecule has 0 fully saturated rings. The number of rotatable bonds is 1. The minimum absolute atomic E-state index is 0.0763. The molecule has 0 spiro atoms. The van der Waals surface area contributed by atoms with Crippen LogP contribution in [-0.4, -0.2) is 5.11 Å². The van der Waals surface area contributed by atoms with Crippen LogP contribution in [0.15, 0.2) is 35.1 Å². The lowest BCUT2D eigenvalue weighted by atomic mass is 10.2. The fraction of sp³-hybridized carbons (Fsp3) is 0.0833. The molecule has 0 saturated heterocycles. The van der Waals surface area contributed by atoms with Crippen molar-refractivity contribution in [2.24, 2.45) is 0 Å². The van der Waals surface area contributed by atoms with Crippen LogP contribution >= 0.6 is 11.3 Å². The van der Waals surface area contributed by atoms with Gasteiger partial charge in [0.15, 0.2) is 0 Å². The summed E-state index contributed by atoms with van der Waals surface area (Å²) < 4.78 is 0.706. The van der Waals surface area contributed by atoms with Crippen LogP contribution in [0.3, 0.4) is 0 Å². The third-order valence-electron chi connectivity index (χ3n) is 2.15. The quantitative estimate of drug-likeness (QED) is 0.799. The first-order valence-electron chi connectivity index (χ1n) is 4.61. The molecule has 2 nitrogen and oxygen atoms in total. The predicted octanol–water partition coefficient (Wildman–Crippen LogP) is 3.00. The van der Waals surface area contributed by atoms with E-state index in [2.05, 4.69) is 0 Å². The zero-order chi connectivity index (χ0) is 10.8. The Morgan fingerprint density at radius 2 is 2.07 bits per heavy atom. The van der Waals surface area contributed by atoms with Crippen LogP contribution in [0.1, 0.15) is 12.5 Å². The van der Waals surface area contributed by atoms with E-state index in [0.29, 0.717) is 5.56 Å². The van der Waals surface area contributed by atoms with E-state index in [4.69, 9.17) is 0 Å². The Morgan fingerprint density at radius 1 is 1.33 bits per heavy atom. The highest BCUT2D eigenvalue weighted by Crippen LogP contribution is 2.28. The lowest BCUT2D eigenvalue weighted by Crippen LogP contribution is -1.99. The molecule has 2 rings (SSSR count). The Labute approximate surface area is 91.1 Å². The van der Waals surface area contributed by atoms with Crippen LogP contribution in [0.4, 0.5) is 0 Å². The summed E-state index contributed by atoms with van der Waals surface area (Å²) in [7, 11) is 0. The molecule has 76 valence electrons. The lowest BCUT2D eigenvalue weighted by Gasteiger charge is -2.02. The van der Waals surface area contributed by atoms with E-state index in [-0.39, 0.29) is 10.5 Å². The third kappa shape index (κ3) is 1.66. The van der Waals surface area contributed by atoms with E-state index in [9.17, 15) is 9.90 Å². The lowest BCUT2D eigenvalue weighted by molar-refractivity contribution is 0.480. The number of allylic oxidation sites excluding steroid dienone is 1. The van der Waals surface area contributed by atoms with E-state index in [0.717, 1.165) is 21.4 Å². The van der Waals surface area contributed by atoms with Gasteiger partial charge in [0.25, 0.3) is 0 Å². The molecule has 1 N–H and O–H groups in total. The Hall–Kier alpha value is -1.61. The Morgan fingerprint density at radius 3 is 2.80 bits per heavy atom. The maximum atomic E-state index is 11.7. The molecule has 1 aromatic carbocycles. The molecule has 0 atom stereocenters. The highest BCUT2D eigenvalue weighted by molar-refractivity contribution is 7.16. The summed E-state index contributed by atoms with van der Waals surface area (Å²) in [4.78, 5) is 11.7. The summed E-state index contributed by atoms with van der Waals surface area (Å²) in [5.41, 5.74) is 0.376. The first-order chi connectivity index (χ1) is 7.24. The van der Waals surface area contributed by atoms with Crippen LogP contribution in [0.2, 0.25) is 0 Å². The Bertz CT molecular complexity index is 582. The molecule has 15 heavy (non-hydrogen) atoms. The Balaban J connectivity index is 2.90. The van der Waals surface area contributed by atoms with Gasteiger partial charge in [-0.3, -0.25) is 4.79 Å². The molecule has 0 amide bonds. The van der Waals surface area contributed by atoms with E-state index < -0.39 is 0 Å². The number of hydrogen-bond acceptors (Lipinski definition) is 3. The smallest absolute Gasteiger partial charge is 0.243 e. The van der Waals surface area contributed by atoms with Crippen molar-refractivity contribution in [2.75, 3.05) is 0 Å². The number of benzene rings is 1. The maximum absolute atomic E-state index is 11.7. The van der Waals surface area contributed by atoms with Gasteiger partial charge in [-0.25, -0.2) is 0 Å². The van der Waals surface area contributed by atoms with Gasteiger partial charge in [0, 0.05) is 10.1 Å². The van der Waals surface area contributed by atoms with Crippen molar-refractivity contribution in [3.63, 3.8) is 0 Å². The standard InChI is InChI=1S/C12H10O2S/c1-2-5-9-11(13)8-6-3-4-7-10(8)15-12(9)14/h2-7,13H,1H3. The van der Waals surface area contributed by atoms with Crippen molar-refractivity contribution < 1.29 is 5.11 Å². The van der Waals surface area contributed by atoms with E-state index in [1.54, 1.807) is 12.2 Å². The number of fused-ring (bicyclic) bond motifs is 1.